The van der Waals surface area contributed by atoms with Gasteiger partial charge in [-0.15, -0.1) is 0 Å². The second kappa shape index (κ2) is 6.85. The van der Waals surface area contributed by atoms with Crippen molar-refractivity contribution in [2.45, 2.75) is 18.8 Å². The number of fused-ring (bicyclic) bond motifs is 1. The molecule has 1 aliphatic rings. The summed E-state index contributed by atoms with van der Waals surface area (Å²) in [5.74, 6) is 0. The summed E-state index contributed by atoms with van der Waals surface area (Å²) in [7, 11) is 1.41. The van der Waals surface area contributed by atoms with Gasteiger partial charge in [0, 0.05) is 17.4 Å². The predicted octanol–water partition coefficient (Wildman–Crippen LogP) is 3.09. The minimum absolute atomic E-state index is 0.0732. The van der Waals surface area contributed by atoms with E-state index in [-0.39, 0.29) is 11.5 Å². The Kier molecular flexibility index (Phi) is 4.90. The number of hydrogen-bond acceptors (Lipinski definition) is 3. The van der Waals surface area contributed by atoms with Crippen molar-refractivity contribution in [3.63, 3.8) is 0 Å². The van der Waals surface area contributed by atoms with Crippen molar-refractivity contribution in [3.05, 3.63) is 70.2 Å². The Hall–Kier alpha value is -2.18. The molecule has 2 aromatic rings. The first-order valence-corrected chi connectivity index (χ1v) is 8.18. The van der Waals surface area contributed by atoms with Gasteiger partial charge in [0.2, 0.25) is 0 Å². The van der Waals surface area contributed by atoms with E-state index in [1.807, 2.05) is 0 Å². The van der Waals surface area contributed by atoms with Crippen LogP contribution in [0.4, 0.5) is 13.2 Å². The van der Waals surface area contributed by atoms with Crippen LogP contribution in [0, 0.1) is 5.41 Å². The summed E-state index contributed by atoms with van der Waals surface area (Å²) < 4.78 is 43.6. The number of carbonyl (C=O) groups excluding carboxylic acids is 1. The first kappa shape index (κ1) is 18.6. The van der Waals surface area contributed by atoms with Gasteiger partial charge in [-0.2, -0.15) is 13.2 Å². The molecule has 0 fully saturated rings. The van der Waals surface area contributed by atoms with Crippen molar-refractivity contribution in [1.29, 1.82) is 0 Å². The number of benzene rings is 2. The third-order valence-corrected chi connectivity index (χ3v) is 5.01. The van der Waals surface area contributed by atoms with Gasteiger partial charge in [-0.3, -0.25) is 4.99 Å². The highest BCUT2D eigenvalue weighted by molar-refractivity contribution is 6.47. The van der Waals surface area contributed by atoms with Gasteiger partial charge in [-0.1, -0.05) is 41.9 Å². The summed E-state index contributed by atoms with van der Waals surface area (Å²) in [6, 6.07) is 11.7. The number of alkyl halides is 3. The van der Waals surface area contributed by atoms with E-state index in [1.165, 1.54) is 19.2 Å². The Balaban J connectivity index is 2.08. The molecule has 26 heavy (non-hydrogen) atoms. The molecule has 3 nitrogen and oxygen atoms in total. The minimum atomic E-state index is -4.42. The second-order valence-corrected chi connectivity index (χ2v) is 6.46. The summed E-state index contributed by atoms with van der Waals surface area (Å²) in [5, 5.41) is 1.49. The van der Waals surface area contributed by atoms with Crippen molar-refractivity contribution in [3.8, 4) is 0 Å². The molecule has 1 heterocycles. The summed E-state index contributed by atoms with van der Waals surface area (Å²) in [6.07, 6.45) is -4.55. The average Bonchev–Trinajstić information content (AvgIpc) is 2.63. The lowest BCUT2D eigenvalue weighted by Gasteiger charge is -2.35. The van der Waals surface area contributed by atoms with Gasteiger partial charge in [-0.05, 0) is 30.2 Å². The fourth-order valence-electron chi connectivity index (χ4n) is 3.10. The lowest BCUT2D eigenvalue weighted by atomic mass is 9.78. The number of nitrogens with zero attached hydrogens (tertiary/aromatic N) is 1. The molecular formula is C19H15ClF3NO2. The normalized spacial score (nSPS) is 22.5. The molecule has 2 atom stereocenters. The van der Waals surface area contributed by atoms with Crippen molar-refractivity contribution in [1.82, 2.24) is 0 Å². The van der Waals surface area contributed by atoms with Crippen LogP contribution in [0.1, 0.15) is 11.1 Å². The van der Waals surface area contributed by atoms with Crippen LogP contribution in [0.3, 0.4) is 0 Å². The minimum Gasteiger partial charge on any atom is -0.358 e. The molecule has 0 amide bonds. The molecule has 0 saturated heterocycles. The predicted molar refractivity (Wildman–Crippen MR) is 90.9 cm³/mol. The zero-order valence-corrected chi connectivity index (χ0v) is 14.5. The van der Waals surface area contributed by atoms with Gasteiger partial charge in [0.1, 0.15) is 11.7 Å². The smallest absolute Gasteiger partial charge is 0.358 e. The van der Waals surface area contributed by atoms with Gasteiger partial charge in [0.15, 0.2) is 6.23 Å². The molecule has 0 aromatic heterocycles. The maximum absolute atomic E-state index is 12.7. The van der Waals surface area contributed by atoms with Crippen LogP contribution in [-0.4, -0.2) is 19.6 Å². The monoisotopic (exact) mass is 381 g/mol. The summed E-state index contributed by atoms with van der Waals surface area (Å²) in [5.41, 5.74) is -1.52. The number of para-hydroxylation sites is 1. The molecule has 136 valence electrons. The number of aldehydes is 1. The molecule has 2 unspecified atom stereocenters. The number of halogens is 4. The Bertz CT molecular complexity index is 940. The number of methoxy groups -OCH3 is 1. The van der Waals surface area contributed by atoms with E-state index in [9.17, 15) is 18.0 Å². The van der Waals surface area contributed by atoms with E-state index in [0.717, 1.165) is 12.1 Å². The molecule has 0 radical (unpaired) electrons. The molecule has 3 rings (SSSR count). The van der Waals surface area contributed by atoms with Crippen molar-refractivity contribution >= 4 is 22.9 Å². The van der Waals surface area contributed by atoms with Crippen molar-refractivity contribution in [2.24, 2.45) is 10.4 Å². The maximum Gasteiger partial charge on any atom is 0.416 e. The van der Waals surface area contributed by atoms with Gasteiger partial charge in [-0.25, -0.2) is 0 Å². The second-order valence-electron chi connectivity index (χ2n) is 6.08. The van der Waals surface area contributed by atoms with Crippen LogP contribution < -0.4 is 10.6 Å². The fourth-order valence-corrected chi connectivity index (χ4v) is 3.47. The van der Waals surface area contributed by atoms with Crippen LogP contribution in [0.25, 0.3) is 5.03 Å². The molecule has 1 aliphatic heterocycles. The highest BCUT2D eigenvalue weighted by Crippen LogP contribution is 2.40. The summed E-state index contributed by atoms with van der Waals surface area (Å²) in [4.78, 5) is 16.5. The number of carbonyl (C=O) groups is 1. The number of rotatable bonds is 4. The molecule has 0 saturated carbocycles. The highest BCUT2D eigenvalue weighted by Gasteiger charge is 2.45. The third kappa shape index (κ3) is 3.15. The van der Waals surface area contributed by atoms with Crippen molar-refractivity contribution in [2.75, 3.05) is 7.11 Å². The van der Waals surface area contributed by atoms with Gasteiger partial charge in [0.05, 0.1) is 10.9 Å². The van der Waals surface area contributed by atoms with Crippen LogP contribution in [0.5, 0.6) is 0 Å². The zero-order valence-electron chi connectivity index (χ0n) is 13.8. The standard InChI is InChI=1S/C19H15ClF3NO2/c1-26-17-18(11-25,16(20)14-4-2-3-5-15(14)24-17)10-12-6-8-13(9-7-12)19(21,22)23/h2-9,11,17H,10H2,1H3. The molecule has 0 bridgehead atoms. The van der Waals surface area contributed by atoms with E-state index >= 15 is 0 Å². The first-order chi connectivity index (χ1) is 12.3. The third-order valence-electron chi connectivity index (χ3n) is 4.46. The summed E-state index contributed by atoms with van der Waals surface area (Å²) in [6.45, 7) is 0. The largest absolute Gasteiger partial charge is 0.416 e. The van der Waals surface area contributed by atoms with Crippen LogP contribution in [0.15, 0.2) is 53.5 Å². The SMILES string of the molecule is COC1N=c2ccccc2=C(Cl)C1(C=O)Cc1ccc(C(F)(F)F)cc1. The fraction of sp³-hybridized carbons (Fsp3) is 0.263. The molecule has 7 heteroatoms. The van der Waals surface area contributed by atoms with Crippen LogP contribution >= 0.6 is 11.6 Å². The van der Waals surface area contributed by atoms with E-state index in [4.69, 9.17) is 16.3 Å². The summed E-state index contributed by atoms with van der Waals surface area (Å²) >= 11 is 6.56. The zero-order chi connectivity index (χ0) is 18.9. The Labute approximate surface area is 152 Å². The van der Waals surface area contributed by atoms with Crippen molar-refractivity contribution < 1.29 is 22.7 Å². The maximum atomic E-state index is 12.7. The number of ether oxygens (including phenoxy) is 1. The van der Waals surface area contributed by atoms with Gasteiger partial charge >= 0.3 is 6.18 Å². The van der Waals surface area contributed by atoms with E-state index in [2.05, 4.69) is 4.99 Å². The molecule has 0 spiro atoms. The lowest BCUT2D eigenvalue weighted by molar-refractivity contribution is -0.137. The average molecular weight is 382 g/mol. The van der Waals surface area contributed by atoms with Gasteiger partial charge in [0.25, 0.3) is 0 Å². The van der Waals surface area contributed by atoms with Crippen LogP contribution in [0.2, 0.25) is 0 Å². The Morgan fingerprint density at radius 3 is 2.42 bits per heavy atom. The lowest BCUT2D eigenvalue weighted by Crippen LogP contribution is -2.48. The topological polar surface area (TPSA) is 38.7 Å². The quantitative estimate of drug-likeness (QED) is 0.763. The van der Waals surface area contributed by atoms with Crippen LogP contribution in [-0.2, 0) is 22.1 Å². The Morgan fingerprint density at radius 1 is 1.19 bits per heavy atom. The van der Waals surface area contributed by atoms with E-state index in [1.54, 1.807) is 24.3 Å². The molecular weight excluding hydrogens is 367 g/mol. The van der Waals surface area contributed by atoms with E-state index in [0.29, 0.717) is 22.4 Å². The Morgan fingerprint density at radius 2 is 1.85 bits per heavy atom. The molecule has 0 N–H and O–H groups in total. The number of hydrogen-bond donors (Lipinski definition) is 0. The van der Waals surface area contributed by atoms with E-state index < -0.39 is 23.4 Å². The van der Waals surface area contributed by atoms with Gasteiger partial charge < -0.3 is 9.53 Å². The highest BCUT2D eigenvalue weighted by atomic mass is 35.5. The first-order valence-electron chi connectivity index (χ1n) is 7.80. The molecule has 0 aliphatic carbocycles. The molecule has 2 aromatic carbocycles.